The quantitative estimate of drug-likeness (QED) is 0.145. The molecule has 300 valence electrons. The number of carbonyl (C=O) groups excluding carboxylic acids is 1. The smallest absolute Gasteiger partial charge is 0.413 e. The number of rotatable bonds is 10. The van der Waals surface area contributed by atoms with E-state index < -0.39 is 11.7 Å². The molecule has 2 saturated heterocycles. The molecule has 58 heavy (non-hydrogen) atoms. The predicted molar refractivity (Wildman–Crippen MR) is 224 cm³/mol. The van der Waals surface area contributed by atoms with E-state index in [1.165, 1.54) is 0 Å². The van der Waals surface area contributed by atoms with Crippen LogP contribution in [0.4, 0.5) is 16.3 Å². The van der Waals surface area contributed by atoms with Gasteiger partial charge in [0, 0.05) is 32.4 Å². The minimum absolute atomic E-state index is 0.0460. The Morgan fingerprint density at radius 1 is 0.845 bits per heavy atom. The lowest BCUT2D eigenvalue weighted by Gasteiger charge is -2.46. The summed E-state index contributed by atoms with van der Waals surface area (Å²) in [6, 6.07) is 33.3. The van der Waals surface area contributed by atoms with Crippen molar-refractivity contribution < 1.29 is 23.7 Å². The summed E-state index contributed by atoms with van der Waals surface area (Å²) in [6.45, 7) is 8.48. The number of pyridine rings is 2. The average Bonchev–Trinajstić information content (AvgIpc) is 3.49. The number of aryl methyl sites for hydroxylation is 1. The Morgan fingerprint density at radius 2 is 1.55 bits per heavy atom. The minimum Gasteiger partial charge on any atom is -0.473 e. The van der Waals surface area contributed by atoms with Crippen molar-refractivity contribution in [3.05, 3.63) is 136 Å². The van der Waals surface area contributed by atoms with Gasteiger partial charge in [0.05, 0.1) is 29.4 Å². The summed E-state index contributed by atoms with van der Waals surface area (Å²) in [7, 11) is 1.83. The number of anilines is 2. The fourth-order valence-electron chi connectivity index (χ4n) is 7.94. The molecule has 0 aliphatic carbocycles. The number of carbonyl (C=O) groups is 1. The molecule has 2 aliphatic heterocycles. The van der Waals surface area contributed by atoms with Crippen LogP contribution in [0.25, 0.3) is 16.7 Å². The van der Waals surface area contributed by atoms with Gasteiger partial charge in [-0.05, 0) is 92.8 Å². The van der Waals surface area contributed by atoms with Crippen molar-refractivity contribution in [1.29, 1.82) is 0 Å². The lowest BCUT2D eigenvalue weighted by molar-refractivity contribution is -0.0740. The van der Waals surface area contributed by atoms with Gasteiger partial charge in [-0.2, -0.15) is 4.98 Å². The first-order valence-electron chi connectivity index (χ1n) is 19.9. The summed E-state index contributed by atoms with van der Waals surface area (Å²) in [4.78, 5) is 38.0. The number of hydrogen-bond donors (Lipinski definition) is 1. The molecule has 3 aromatic carbocycles. The molecule has 2 aliphatic rings. The van der Waals surface area contributed by atoms with Crippen LogP contribution in [0.2, 0.25) is 0 Å². The minimum atomic E-state index is -0.585. The van der Waals surface area contributed by atoms with E-state index in [1.807, 2.05) is 113 Å². The largest absolute Gasteiger partial charge is 0.473 e. The van der Waals surface area contributed by atoms with Crippen LogP contribution in [0, 0.1) is 5.41 Å². The zero-order chi connectivity index (χ0) is 40.3. The fourth-order valence-corrected chi connectivity index (χ4v) is 7.94. The van der Waals surface area contributed by atoms with Crippen LogP contribution in [-0.4, -0.2) is 50.5 Å². The number of para-hydroxylation sites is 1. The average molecular weight is 783 g/mol. The normalized spacial score (nSPS) is 16.6. The molecule has 1 unspecified atom stereocenters. The van der Waals surface area contributed by atoms with E-state index in [9.17, 15) is 9.59 Å². The summed E-state index contributed by atoms with van der Waals surface area (Å²) in [5.74, 6) is 1.16. The molecule has 12 nitrogen and oxygen atoms in total. The summed E-state index contributed by atoms with van der Waals surface area (Å²) in [6.07, 6.45) is 5.10. The third-order valence-electron chi connectivity index (χ3n) is 11.0. The SMILES string of the molecule is Cn1c(=O)n(-c2ccc(OCc3ccccc3)nc2OCc2ccccc2)c2cccc(N3CCC4(CCC(c5ccc(NC(=O)OC(C)(C)C)nc5)OC4)CC3)c21. The van der Waals surface area contributed by atoms with Crippen LogP contribution in [0.15, 0.2) is 114 Å². The van der Waals surface area contributed by atoms with E-state index in [-0.39, 0.29) is 23.8 Å². The monoisotopic (exact) mass is 782 g/mol. The number of fused-ring (bicyclic) bond motifs is 1. The second-order valence-electron chi connectivity index (χ2n) is 16.3. The number of ether oxygens (including phenoxy) is 4. The molecule has 2 fully saturated rings. The van der Waals surface area contributed by atoms with Crippen LogP contribution >= 0.6 is 0 Å². The molecule has 8 rings (SSSR count). The second kappa shape index (κ2) is 16.4. The van der Waals surface area contributed by atoms with Crippen LogP contribution in [0.5, 0.6) is 11.8 Å². The lowest BCUT2D eigenvalue weighted by atomic mass is 9.73. The van der Waals surface area contributed by atoms with Crippen LogP contribution in [-0.2, 0) is 29.7 Å². The molecule has 1 spiro atoms. The summed E-state index contributed by atoms with van der Waals surface area (Å²) in [5, 5.41) is 2.69. The number of nitrogens with zero attached hydrogens (tertiary/aromatic N) is 5. The van der Waals surface area contributed by atoms with Gasteiger partial charge < -0.3 is 23.8 Å². The molecule has 6 aromatic rings. The zero-order valence-electron chi connectivity index (χ0n) is 33.5. The van der Waals surface area contributed by atoms with Gasteiger partial charge in [0.1, 0.15) is 30.3 Å². The van der Waals surface area contributed by atoms with Crippen molar-refractivity contribution >= 4 is 28.6 Å². The first-order valence-corrected chi connectivity index (χ1v) is 19.9. The third-order valence-corrected chi connectivity index (χ3v) is 11.0. The Morgan fingerprint density at radius 3 is 2.19 bits per heavy atom. The fraction of sp³-hybridized carbons (Fsp3) is 0.348. The maximum Gasteiger partial charge on any atom is 0.413 e. The van der Waals surface area contributed by atoms with Gasteiger partial charge in [0.25, 0.3) is 0 Å². The highest BCUT2D eigenvalue weighted by molar-refractivity contribution is 5.91. The molecule has 0 radical (unpaired) electrons. The number of piperidine rings is 1. The molecule has 0 bridgehead atoms. The molecular formula is C46H50N6O6. The first kappa shape index (κ1) is 38.7. The van der Waals surface area contributed by atoms with Crippen molar-refractivity contribution in [2.24, 2.45) is 12.5 Å². The van der Waals surface area contributed by atoms with Crippen molar-refractivity contribution in [2.45, 2.75) is 71.4 Å². The van der Waals surface area contributed by atoms with Gasteiger partial charge in [-0.25, -0.2) is 14.6 Å². The molecule has 1 atom stereocenters. The van der Waals surface area contributed by atoms with Crippen molar-refractivity contribution in [3.63, 3.8) is 0 Å². The molecule has 1 N–H and O–H groups in total. The molecule has 3 aromatic heterocycles. The number of imidazole rings is 1. The van der Waals surface area contributed by atoms with Crippen molar-refractivity contribution in [2.75, 3.05) is 29.9 Å². The highest BCUT2D eigenvalue weighted by atomic mass is 16.6. The Bertz CT molecular complexity index is 2410. The number of nitrogens with one attached hydrogen (secondary N) is 1. The summed E-state index contributed by atoms with van der Waals surface area (Å²) < 4.78 is 27.7. The van der Waals surface area contributed by atoms with Gasteiger partial charge in [-0.3, -0.25) is 14.5 Å². The van der Waals surface area contributed by atoms with E-state index in [1.54, 1.807) is 27.5 Å². The summed E-state index contributed by atoms with van der Waals surface area (Å²) in [5.41, 5.74) is 5.53. The van der Waals surface area contributed by atoms with Crippen LogP contribution < -0.4 is 25.4 Å². The van der Waals surface area contributed by atoms with Crippen molar-refractivity contribution in [1.82, 2.24) is 19.1 Å². The van der Waals surface area contributed by atoms with Gasteiger partial charge in [-0.15, -0.1) is 0 Å². The topological polar surface area (TPSA) is 122 Å². The standard InChI is InChI=1S/C46H50N6O6/c1-45(2,3)58-43(53)48-39-20-18-34(28-47-39)38-22-23-46(31-57-38)24-26-51(27-25-46)35-16-11-17-36-41(35)50(4)44(54)52(36)37-19-21-40(55-29-32-12-7-5-8-13-32)49-42(37)56-30-33-14-9-6-10-15-33/h5-21,28,38H,22-27,29-31H2,1-4H3,(H,47,48,53). The molecular weight excluding hydrogens is 733 g/mol. The van der Waals surface area contributed by atoms with Gasteiger partial charge in [-0.1, -0.05) is 72.8 Å². The van der Waals surface area contributed by atoms with Gasteiger partial charge >= 0.3 is 11.8 Å². The number of hydrogen-bond acceptors (Lipinski definition) is 9. The Balaban J connectivity index is 0.974. The molecule has 5 heterocycles. The Hall–Kier alpha value is -6.14. The van der Waals surface area contributed by atoms with Gasteiger partial charge in [0.2, 0.25) is 11.8 Å². The Kier molecular flexibility index (Phi) is 10.9. The molecule has 12 heteroatoms. The van der Waals surface area contributed by atoms with E-state index in [4.69, 9.17) is 23.9 Å². The van der Waals surface area contributed by atoms with E-state index in [2.05, 4.69) is 21.3 Å². The van der Waals surface area contributed by atoms with Gasteiger partial charge in [0.15, 0.2) is 0 Å². The molecule has 1 amide bonds. The number of benzene rings is 3. The lowest BCUT2D eigenvalue weighted by Crippen LogP contribution is -2.44. The highest BCUT2D eigenvalue weighted by Crippen LogP contribution is 2.45. The maximum absolute atomic E-state index is 14.2. The maximum atomic E-state index is 14.2. The third kappa shape index (κ3) is 8.57. The van der Waals surface area contributed by atoms with Crippen molar-refractivity contribution in [3.8, 4) is 17.4 Å². The molecule has 0 saturated carbocycles. The number of amides is 1. The Labute approximate surface area is 338 Å². The van der Waals surface area contributed by atoms with E-state index >= 15 is 0 Å². The first-order chi connectivity index (χ1) is 28.0. The predicted octanol–water partition coefficient (Wildman–Crippen LogP) is 8.76. The van der Waals surface area contributed by atoms with E-state index in [0.717, 1.165) is 72.2 Å². The summed E-state index contributed by atoms with van der Waals surface area (Å²) >= 11 is 0. The zero-order valence-corrected chi connectivity index (χ0v) is 33.5. The van der Waals surface area contributed by atoms with Crippen LogP contribution in [0.1, 0.15) is 69.2 Å². The van der Waals surface area contributed by atoms with E-state index in [0.29, 0.717) is 36.5 Å². The number of aromatic nitrogens is 4. The second-order valence-corrected chi connectivity index (χ2v) is 16.3. The van der Waals surface area contributed by atoms with Crippen LogP contribution in [0.3, 0.4) is 0 Å². The highest BCUT2D eigenvalue weighted by Gasteiger charge is 2.40.